The molecule has 0 heterocycles. The second kappa shape index (κ2) is 8.57. The van der Waals surface area contributed by atoms with Gasteiger partial charge in [0.15, 0.2) is 0 Å². The number of carboxylic acids is 1. The summed E-state index contributed by atoms with van der Waals surface area (Å²) in [6.45, 7) is 0.288. The molecule has 1 atom stereocenters. The van der Waals surface area contributed by atoms with Crippen LogP contribution in [0.25, 0.3) is 0 Å². The Kier molecular flexibility index (Phi) is 6.73. The molecular formula is C14H18N2O5. The summed E-state index contributed by atoms with van der Waals surface area (Å²) in [5, 5.41) is 13.9. The van der Waals surface area contributed by atoms with Crippen LogP contribution in [0, 0.1) is 0 Å². The molecule has 0 aromatic heterocycles. The predicted molar refractivity (Wildman–Crippen MR) is 74.5 cm³/mol. The standard InChI is InChI=1S/C14H18N2O5/c1-21-12(17)8-7-11(13(18)19)16-14(20)15-9-10-5-3-2-4-6-10/h2-6,11H,7-9H2,1H3,(H,18,19)(H2,15,16,20)/t11-/m0/s1. The van der Waals surface area contributed by atoms with Crippen LogP contribution in [0.5, 0.6) is 0 Å². The fourth-order valence-electron chi connectivity index (χ4n) is 1.61. The van der Waals surface area contributed by atoms with Gasteiger partial charge in [0, 0.05) is 13.0 Å². The number of rotatable bonds is 7. The van der Waals surface area contributed by atoms with Gasteiger partial charge >= 0.3 is 18.0 Å². The first kappa shape index (κ1) is 16.5. The van der Waals surface area contributed by atoms with Crippen molar-refractivity contribution in [2.24, 2.45) is 0 Å². The highest BCUT2D eigenvalue weighted by Gasteiger charge is 2.21. The van der Waals surface area contributed by atoms with Gasteiger partial charge in [-0.1, -0.05) is 30.3 Å². The topological polar surface area (TPSA) is 105 Å². The minimum atomic E-state index is -1.20. The van der Waals surface area contributed by atoms with Crippen molar-refractivity contribution >= 4 is 18.0 Å². The van der Waals surface area contributed by atoms with E-state index in [1.807, 2.05) is 30.3 Å². The normalized spacial score (nSPS) is 11.3. The highest BCUT2D eigenvalue weighted by Crippen LogP contribution is 2.00. The first-order chi connectivity index (χ1) is 10.0. The van der Waals surface area contributed by atoms with E-state index >= 15 is 0 Å². The molecule has 0 unspecified atom stereocenters. The van der Waals surface area contributed by atoms with Crippen LogP contribution in [-0.4, -0.2) is 36.2 Å². The van der Waals surface area contributed by atoms with Crippen LogP contribution in [0.3, 0.4) is 0 Å². The third kappa shape index (κ3) is 6.42. The van der Waals surface area contributed by atoms with Gasteiger partial charge in [0.2, 0.25) is 0 Å². The van der Waals surface area contributed by atoms with Gasteiger partial charge in [0.25, 0.3) is 0 Å². The second-order valence-electron chi connectivity index (χ2n) is 4.32. The Morgan fingerprint density at radius 3 is 2.48 bits per heavy atom. The number of nitrogens with one attached hydrogen (secondary N) is 2. The molecule has 0 aliphatic heterocycles. The number of urea groups is 1. The summed E-state index contributed by atoms with van der Waals surface area (Å²) in [6, 6.07) is 7.47. The first-order valence-corrected chi connectivity index (χ1v) is 6.41. The minimum absolute atomic E-state index is 0.0270. The Bertz CT molecular complexity index is 489. The van der Waals surface area contributed by atoms with Gasteiger partial charge in [-0.15, -0.1) is 0 Å². The van der Waals surface area contributed by atoms with Crippen LogP contribution in [0.2, 0.25) is 0 Å². The molecule has 2 amide bonds. The third-order valence-electron chi connectivity index (χ3n) is 2.76. The Morgan fingerprint density at radius 1 is 1.24 bits per heavy atom. The van der Waals surface area contributed by atoms with Crippen LogP contribution in [0.1, 0.15) is 18.4 Å². The summed E-state index contributed by atoms with van der Waals surface area (Å²) in [7, 11) is 1.22. The van der Waals surface area contributed by atoms with Gasteiger partial charge in [-0.2, -0.15) is 0 Å². The van der Waals surface area contributed by atoms with E-state index in [2.05, 4.69) is 15.4 Å². The fourth-order valence-corrected chi connectivity index (χ4v) is 1.61. The number of hydrogen-bond acceptors (Lipinski definition) is 4. The van der Waals surface area contributed by atoms with Crippen molar-refractivity contribution < 1.29 is 24.2 Å². The minimum Gasteiger partial charge on any atom is -0.480 e. The highest BCUT2D eigenvalue weighted by molar-refractivity contribution is 5.83. The molecule has 0 radical (unpaired) electrons. The number of carboxylic acid groups (broad SMARTS) is 1. The number of hydrogen-bond donors (Lipinski definition) is 3. The average molecular weight is 294 g/mol. The number of carbonyl (C=O) groups excluding carboxylic acids is 2. The van der Waals surface area contributed by atoms with E-state index in [4.69, 9.17) is 5.11 Å². The molecule has 0 aliphatic rings. The molecule has 1 aromatic rings. The third-order valence-corrected chi connectivity index (χ3v) is 2.76. The van der Waals surface area contributed by atoms with Gasteiger partial charge in [-0.3, -0.25) is 4.79 Å². The van der Waals surface area contributed by atoms with Gasteiger partial charge in [-0.05, 0) is 12.0 Å². The Morgan fingerprint density at radius 2 is 1.90 bits per heavy atom. The molecule has 1 aromatic carbocycles. The number of methoxy groups -OCH3 is 1. The zero-order valence-corrected chi connectivity index (χ0v) is 11.7. The monoisotopic (exact) mass is 294 g/mol. The van der Waals surface area contributed by atoms with E-state index in [0.717, 1.165) is 5.56 Å². The van der Waals surface area contributed by atoms with Crippen LogP contribution in [-0.2, 0) is 20.9 Å². The Balaban J connectivity index is 2.41. The molecule has 7 heteroatoms. The molecule has 3 N–H and O–H groups in total. The summed E-state index contributed by atoms with van der Waals surface area (Å²) in [5.74, 6) is -1.72. The molecule has 0 saturated carbocycles. The molecular weight excluding hydrogens is 276 g/mol. The molecule has 114 valence electrons. The van der Waals surface area contributed by atoms with Crippen molar-refractivity contribution in [2.75, 3.05) is 7.11 Å². The average Bonchev–Trinajstić information content (AvgIpc) is 2.49. The Hall–Kier alpha value is -2.57. The quantitative estimate of drug-likeness (QED) is 0.648. The molecule has 0 fully saturated rings. The van der Waals surface area contributed by atoms with E-state index in [1.165, 1.54) is 7.11 Å². The van der Waals surface area contributed by atoms with Crippen molar-refractivity contribution in [1.82, 2.24) is 10.6 Å². The molecule has 0 bridgehead atoms. The van der Waals surface area contributed by atoms with Crippen molar-refractivity contribution in [3.8, 4) is 0 Å². The lowest BCUT2D eigenvalue weighted by Crippen LogP contribution is -2.46. The van der Waals surface area contributed by atoms with E-state index in [0.29, 0.717) is 0 Å². The van der Waals surface area contributed by atoms with E-state index < -0.39 is 24.0 Å². The van der Waals surface area contributed by atoms with Crippen LogP contribution in [0.4, 0.5) is 4.79 Å². The summed E-state index contributed by atoms with van der Waals surface area (Å²) in [6.07, 6.45) is -0.104. The van der Waals surface area contributed by atoms with Crippen molar-refractivity contribution in [3.63, 3.8) is 0 Å². The lowest BCUT2D eigenvalue weighted by atomic mass is 10.1. The number of carbonyl (C=O) groups is 3. The van der Waals surface area contributed by atoms with Gasteiger partial charge in [0.05, 0.1) is 7.11 Å². The lowest BCUT2D eigenvalue weighted by Gasteiger charge is -2.14. The number of aliphatic carboxylic acids is 1. The zero-order chi connectivity index (χ0) is 15.7. The molecule has 0 saturated heterocycles. The number of amides is 2. The number of esters is 1. The van der Waals surface area contributed by atoms with Crippen LogP contribution < -0.4 is 10.6 Å². The van der Waals surface area contributed by atoms with E-state index in [1.54, 1.807) is 0 Å². The van der Waals surface area contributed by atoms with Gasteiger partial charge in [0.1, 0.15) is 6.04 Å². The summed E-state index contributed by atoms with van der Waals surface area (Å²) in [5.41, 5.74) is 0.897. The second-order valence-corrected chi connectivity index (χ2v) is 4.32. The van der Waals surface area contributed by atoms with Crippen molar-refractivity contribution in [3.05, 3.63) is 35.9 Å². The molecule has 0 spiro atoms. The Labute approximate surface area is 122 Å². The molecule has 1 rings (SSSR count). The molecule has 7 nitrogen and oxygen atoms in total. The van der Waals surface area contributed by atoms with E-state index in [-0.39, 0.29) is 19.4 Å². The molecule has 21 heavy (non-hydrogen) atoms. The van der Waals surface area contributed by atoms with Crippen molar-refractivity contribution in [2.45, 2.75) is 25.4 Å². The van der Waals surface area contributed by atoms with Crippen LogP contribution >= 0.6 is 0 Å². The largest absolute Gasteiger partial charge is 0.480 e. The highest BCUT2D eigenvalue weighted by atomic mass is 16.5. The first-order valence-electron chi connectivity index (χ1n) is 6.41. The predicted octanol–water partition coefficient (Wildman–Crippen LogP) is 0.892. The summed E-state index contributed by atoms with van der Waals surface area (Å²) in [4.78, 5) is 33.7. The molecule has 0 aliphatic carbocycles. The van der Waals surface area contributed by atoms with Gasteiger partial charge < -0.3 is 20.5 Å². The fraction of sp³-hybridized carbons (Fsp3) is 0.357. The lowest BCUT2D eigenvalue weighted by molar-refractivity contribution is -0.142. The summed E-state index contributed by atoms with van der Waals surface area (Å²) >= 11 is 0. The van der Waals surface area contributed by atoms with Gasteiger partial charge in [-0.25, -0.2) is 9.59 Å². The maximum atomic E-state index is 11.6. The number of ether oxygens (including phenoxy) is 1. The summed E-state index contributed by atoms with van der Waals surface area (Å²) < 4.78 is 4.43. The zero-order valence-electron chi connectivity index (χ0n) is 11.7. The van der Waals surface area contributed by atoms with Crippen LogP contribution in [0.15, 0.2) is 30.3 Å². The maximum Gasteiger partial charge on any atom is 0.326 e. The smallest absolute Gasteiger partial charge is 0.326 e. The van der Waals surface area contributed by atoms with E-state index in [9.17, 15) is 14.4 Å². The maximum absolute atomic E-state index is 11.6. The SMILES string of the molecule is COC(=O)CC[C@H](NC(=O)NCc1ccccc1)C(=O)O. The number of benzene rings is 1. The van der Waals surface area contributed by atoms with Crippen molar-refractivity contribution in [1.29, 1.82) is 0 Å².